The van der Waals surface area contributed by atoms with Crippen LogP contribution in [0.2, 0.25) is 0 Å². The number of β-amino-alcohol motifs (C(OH)–C–C–N with tert-alkyl or cyclic N) is 1. The number of thiazole rings is 2. The number of aliphatic hydroxyl groups excluding tert-OH is 1. The number of amides is 1. The number of nitrogens with zero attached hydrogens (tertiary/aromatic N) is 6. The average molecular weight is 685 g/mol. The van der Waals surface area contributed by atoms with Crippen molar-refractivity contribution in [3.63, 3.8) is 0 Å². The smallest absolute Gasteiger partial charge is 0.298 e. The summed E-state index contributed by atoms with van der Waals surface area (Å²) >= 11 is 3.68. The monoisotopic (exact) mass is 684 g/mol. The van der Waals surface area contributed by atoms with Gasteiger partial charge in [0, 0.05) is 47.6 Å². The quantitative estimate of drug-likeness (QED) is 0.162. The Kier molecular flexibility index (Phi) is 8.52. The molecule has 240 valence electrons. The van der Waals surface area contributed by atoms with Gasteiger partial charge in [0.05, 0.1) is 35.8 Å². The number of benzene rings is 2. The topological polar surface area (TPSA) is 115 Å². The molecule has 4 heterocycles. The van der Waals surface area contributed by atoms with Gasteiger partial charge in [-0.3, -0.25) is 4.79 Å². The number of hydrogen-bond donors (Lipinski definition) is 1. The summed E-state index contributed by atoms with van der Waals surface area (Å²) in [5.74, 6) is -2.05. The van der Waals surface area contributed by atoms with Crippen LogP contribution >= 0.6 is 34.0 Å². The van der Waals surface area contributed by atoms with Gasteiger partial charge in [-0.05, 0) is 32.9 Å². The Morgan fingerprint density at radius 3 is 2.46 bits per heavy atom. The maximum atomic E-state index is 13.7. The van der Waals surface area contributed by atoms with Crippen LogP contribution in [0.15, 0.2) is 48.0 Å². The fourth-order valence-corrected chi connectivity index (χ4v) is 7.29. The zero-order chi connectivity index (χ0) is 32.8. The molecule has 0 aliphatic heterocycles. The van der Waals surface area contributed by atoms with Crippen LogP contribution in [0.1, 0.15) is 48.8 Å². The Balaban J connectivity index is 1.19. The molecule has 0 radical (unpaired) electrons. The molecule has 10 nitrogen and oxygen atoms in total. The average Bonchev–Trinajstić information content (AvgIpc) is 3.80. The molecule has 0 saturated heterocycles. The van der Waals surface area contributed by atoms with Gasteiger partial charge in [0.1, 0.15) is 33.8 Å². The van der Waals surface area contributed by atoms with E-state index in [0.29, 0.717) is 38.2 Å². The number of imidazole rings is 1. The predicted molar refractivity (Wildman–Crippen MR) is 175 cm³/mol. The summed E-state index contributed by atoms with van der Waals surface area (Å²) in [6.45, 7) is 6.97. The first-order chi connectivity index (χ1) is 21.8. The highest BCUT2D eigenvalue weighted by atomic mass is 32.1. The molecular formula is C31H30F2N6O4S3. The van der Waals surface area contributed by atoms with Crippen LogP contribution in [0.5, 0.6) is 11.5 Å². The number of aromatic nitrogens is 5. The molecular weight excluding hydrogens is 655 g/mol. The van der Waals surface area contributed by atoms with Gasteiger partial charge in [-0.2, -0.15) is 13.9 Å². The number of rotatable bonds is 10. The van der Waals surface area contributed by atoms with Crippen LogP contribution < -0.4 is 9.47 Å². The van der Waals surface area contributed by atoms with Crippen LogP contribution in [-0.4, -0.2) is 66.3 Å². The first kappa shape index (κ1) is 31.9. The number of aliphatic hydroxyl groups is 1. The SMILES string of the molecule is COc1cc(OCc2csc(-c3ccc(C(=O)N(CCO)C(C)(C)C)cc3)n2)c2sc(-c3cn4nc(C(C)(F)F)sc4n3)nc2c1. The third-order valence-corrected chi connectivity index (χ3v) is 10.1. The summed E-state index contributed by atoms with van der Waals surface area (Å²) in [6, 6.07) is 10.9. The number of carbonyl (C=O) groups is 1. The van der Waals surface area contributed by atoms with Crippen molar-refractivity contribution in [3.8, 4) is 32.8 Å². The molecule has 0 aliphatic rings. The number of halogens is 2. The van der Waals surface area contributed by atoms with Gasteiger partial charge in [0.25, 0.3) is 11.8 Å². The molecule has 4 aromatic heterocycles. The van der Waals surface area contributed by atoms with Crippen molar-refractivity contribution in [1.29, 1.82) is 0 Å². The molecule has 46 heavy (non-hydrogen) atoms. The maximum Gasteiger partial charge on any atom is 0.298 e. The Morgan fingerprint density at radius 1 is 1.04 bits per heavy atom. The lowest BCUT2D eigenvalue weighted by atomic mass is 10.0. The van der Waals surface area contributed by atoms with Gasteiger partial charge >= 0.3 is 0 Å². The molecule has 0 aliphatic carbocycles. The normalized spacial score (nSPS) is 12.3. The van der Waals surface area contributed by atoms with E-state index in [2.05, 4.69) is 10.1 Å². The molecule has 2 aromatic carbocycles. The summed E-state index contributed by atoms with van der Waals surface area (Å²) in [5, 5.41) is 16.4. The van der Waals surface area contributed by atoms with Crippen molar-refractivity contribution in [2.24, 2.45) is 0 Å². The van der Waals surface area contributed by atoms with E-state index in [-0.39, 0.29) is 30.7 Å². The van der Waals surface area contributed by atoms with Crippen molar-refractivity contribution in [2.45, 2.75) is 45.8 Å². The third-order valence-electron chi connectivity index (χ3n) is 6.99. The van der Waals surface area contributed by atoms with Gasteiger partial charge in [0.15, 0.2) is 5.01 Å². The van der Waals surface area contributed by atoms with E-state index in [1.165, 1.54) is 27.2 Å². The zero-order valence-corrected chi connectivity index (χ0v) is 28.0. The summed E-state index contributed by atoms with van der Waals surface area (Å²) in [6.07, 6.45) is 1.59. The second-order valence-corrected chi connectivity index (χ2v) is 14.3. The number of fused-ring (bicyclic) bond motifs is 2. The maximum absolute atomic E-state index is 13.7. The van der Waals surface area contributed by atoms with Gasteiger partial charge in [-0.25, -0.2) is 19.5 Å². The molecule has 0 atom stereocenters. The Bertz CT molecular complexity index is 1990. The van der Waals surface area contributed by atoms with Crippen molar-refractivity contribution in [3.05, 3.63) is 64.2 Å². The van der Waals surface area contributed by atoms with Gasteiger partial charge in [0.2, 0.25) is 4.96 Å². The Labute approximate surface area is 274 Å². The predicted octanol–water partition coefficient (Wildman–Crippen LogP) is 7.12. The van der Waals surface area contributed by atoms with E-state index < -0.39 is 11.5 Å². The van der Waals surface area contributed by atoms with Crippen molar-refractivity contribution in [2.75, 3.05) is 20.3 Å². The highest BCUT2D eigenvalue weighted by Gasteiger charge is 2.30. The number of hydrogen-bond acceptors (Lipinski definition) is 11. The van der Waals surface area contributed by atoms with Gasteiger partial charge in [-0.1, -0.05) is 23.5 Å². The van der Waals surface area contributed by atoms with Crippen molar-refractivity contribution >= 4 is 55.1 Å². The van der Waals surface area contributed by atoms with Crippen LogP contribution in [0.3, 0.4) is 0 Å². The van der Waals surface area contributed by atoms with Crippen molar-refractivity contribution in [1.82, 2.24) is 29.5 Å². The van der Waals surface area contributed by atoms with E-state index in [1.807, 2.05) is 38.3 Å². The molecule has 6 aromatic rings. The fourth-order valence-electron chi connectivity index (χ4n) is 4.70. The first-order valence-corrected chi connectivity index (χ1v) is 16.7. The number of carbonyl (C=O) groups excluding carboxylic acids is 1. The van der Waals surface area contributed by atoms with Gasteiger partial charge in [-0.15, -0.1) is 22.7 Å². The third kappa shape index (κ3) is 6.45. The molecule has 1 N–H and O–H groups in total. The molecule has 0 spiro atoms. The highest BCUT2D eigenvalue weighted by Crippen LogP contribution is 2.40. The number of alkyl halides is 2. The summed E-state index contributed by atoms with van der Waals surface area (Å²) in [7, 11) is 1.56. The van der Waals surface area contributed by atoms with E-state index in [0.717, 1.165) is 39.2 Å². The standard InChI is InChI=1S/C31H30F2N6O4S3/c1-30(2,3)38(10-11-40)27(41)18-8-6-17(7-9-18)25-34-19(16-44-25)15-43-23-13-20(42-5)12-21-24(23)45-26(35-21)22-14-39-29(36-22)46-28(37-39)31(4,32)33/h6-9,12-14,16,40H,10-11,15H2,1-5H3. The van der Waals surface area contributed by atoms with E-state index in [4.69, 9.17) is 19.4 Å². The van der Waals surface area contributed by atoms with Crippen LogP contribution in [-0.2, 0) is 12.5 Å². The first-order valence-electron chi connectivity index (χ1n) is 14.2. The highest BCUT2D eigenvalue weighted by molar-refractivity contribution is 7.22. The molecule has 0 unspecified atom stereocenters. The molecule has 0 saturated carbocycles. The second-order valence-electron chi connectivity index (χ2n) is 11.5. The van der Waals surface area contributed by atoms with E-state index in [1.54, 1.807) is 42.5 Å². The summed E-state index contributed by atoms with van der Waals surface area (Å²) < 4.78 is 41.2. The number of methoxy groups -OCH3 is 1. The van der Waals surface area contributed by atoms with Crippen LogP contribution in [0, 0.1) is 0 Å². The van der Waals surface area contributed by atoms with E-state index in [9.17, 15) is 18.7 Å². The number of ether oxygens (including phenoxy) is 2. The molecule has 0 bridgehead atoms. The second kappa shape index (κ2) is 12.3. The lowest BCUT2D eigenvalue weighted by Crippen LogP contribution is -2.47. The summed E-state index contributed by atoms with van der Waals surface area (Å²) in [4.78, 5) is 29.0. The van der Waals surface area contributed by atoms with Gasteiger partial charge < -0.3 is 19.5 Å². The van der Waals surface area contributed by atoms with Crippen LogP contribution in [0.25, 0.3) is 36.5 Å². The molecule has 15 heteroatoms. The molecule has 0 fully saturated rings. The van der Waals surface area contributed by atoms with Crippen molar-refractivity contribution < 1.29 is 28.2 Å². The van der Waals surface area contributed by atoms with Crippen LogP contribution in [0.4, 0.5) is 8.78 Å². The van der Waals surface area contributed by atoms with E-state index >= 15 is 0 Å². The largest absolute Gasteiger partial charge is 0.497 e. The summed E-state index contributed by atoms with van der Waals surface area (Å²) in [5.41, 5.74) is 2.89. The lowest BCUT2D eigenvalue weighted by Gasteiger charge is -2.35. The molecule has 6 rings (SSSR count). The lowest BCUT2D eigenvalue weighted by molar-refractivity contribution is 0.0163. The minimum Gasteiger partial charge on any atom is -0.497 e. The fraction of sp³-hybridized carbons (Fsp3) is 0.323. The minimum absolute atomic E-state index is 0.108. The molecule has 1 amide bonds. The zero-order valence-electron chi connectivity index (χ0n) is 25.6. The Hall–Kier alpha value is -4.05. The minimum atomic E-state index is -3.04. The Morgan fingerprint density at radius 2 is 1.80 bits per heavy atom.